The molecule has 0 saturated carbocycles. The number of aryl methyl sites for hydroxylation is 1. The van der Waals surface area contributed by atoms with E-state index in [4.69, 9.17) is 23.7 Å². The van der Waals surface area contributed by atoms with Crippen LogP contribution in [0, 0.1) is 25.2 Å². The predicted octanol–water partition coefficient (Wildman–Crippen LogP) is 2.74. The highest BCUT2D eigenvalue weighted by atomic mass is 32.2. The minimum absolute atomic E-state index is 0.0379. The summed E-state index contributed by atoms with van der Waals surface area (Å²) < 4.78 is 29.6. The maximum Gasteiger partial charge on any atom is 0.329 e. The second kappa shape index (κ2) is 11.5. The van der Waals surface area contributed by atoms with Gasteiger partial charge in [-0.25, -0.2) is 4.79 Å². The van der Waals surface area contributed by atoms with Crippen molar-refractivity contribution in [2.24, 2.45) is 0 Å². The van der Waals surface area contributed by atoms with Crippen molar-refractivity contribution in [3.63, 3.8) is 0 Å². The van der Waals surface area contributed by atoms with Crippen molar-refractivity contribution in [1.82, 2.24) is 15.1 Å². The molecule has 2 fully saturated rings. The van der Waals surface area contributed by atoms with Gasteiger partial charge in [0.1, 0.15) is 24.4 Å². The number of phenols is 1. The highest BCUT2D eigenvalue weighted by Gasteiger charge is 2.60. The lowest BCUT2D eigenvalue weighted by molar-refractivity contribution is -0.152. The molecule has 0 aliphatic carbocycles. The summed E-state index contributed by atoms with van der Waals surface area (Å²) in [5.74, 6) is 0.248. The SMILES string of the molecule is COc1c(C)cc2c(c1O)[C@@H]1[C@@H]3[C@@H]4SC[C@H](NC(C)=O)C(=O)OC[C@@H](c5c6c(c(C)c(OC(C)=O)c54)OCO6)N3[C@@H](C#N)C(C2)N1C. The molecule has 5 heterocycles. The van der Waals surface area contributed by atoms with Crippen LogP contribution in [0.1, 0.15) is 64.6 Å². The fourth-order valence-electron chi connectivity index (χ4n) is 8.31. The van der Waals surface area contributed by atoms with E-state index in [1.165, 1.54) is 32.7 Å². The first-order chi connectivity index (χ1) is 22.5. The van der Waals surface area contributed by atoms with Crippen molar-refractivity contribution in [2.75, 3.05) is 33.3 Å². The van der Waals surface area contributed by atoms with Gasteiger partial charge >= 0.3 is 11.9 Å². The van der Waals surface area contributed by atoms with E-state index in [-0.39, 0.29) is 36.9 Å². The third kappa shape index (κ3) is 4.62. The molecule has 0 radical (unpaired) electrons. The number of thioether (sulfide) groups is 1. The molecule has 0 spiro atoms. The van der Waals surface area contributed by atoms with Crippen LogP contribution in [-0.4, -0.2) is 90.2 Å². The largest absolute Gasteiger partial charge is 0.504 e. The van der Waals surface area contributed by atoms with Gasteiger partial charge in [0.2, 0.25) is 12.7 Å². The van der Waals surface area contributed by atoms with Gasteiger partial charge in [-0.2, -0.15) is 5.26 Å². The molecule has 13 nitrogen and oxygen atoms in total. The molecular formula is C33H36N4O9S. The number of amides is 1. The summed E-state index contributed by atoms with van der Waals surface area (Å²) in [6.07, 6.45) is 0.494. The highest BCUT2D eigenvalue weighted by molar-refractivity contribution is 7.99. The van der Waals surface area contributed by atoms with Gasteiger partial charge in [-0.15, -0.1) is 11.8 Å². The van der Waals surface area contributed by atoms with E-state index in [1.54, 1.807) is 6.92 Å². The van der Waals surface area contributed by atoms with E-state index in [1.807, 2.05) is 20.0 Å². The van der Waals surface area contributed by atoms with Gasteiger partial charge in [0.25, 0.3) is 0 Å². The number of benzene rings is 2. The Kier molecular flexibility index (Phi) is 7.69. The number of carbonyl (C=O) groups excluding carboxylic acids is 3. The first-order valence-electron chi connectivity index (χ1n) is 15.5. The smallest absolute Gasteiger partial charge is 0.329 e. The standard InChI is InChI=1S/C33H36N4O9S/c1-13-7-17-8-19-20(9-34)37-21-10-43-33(41)18(35-15(3)38)11-47-32(26(37)25(36(19)5)22(17)27(40)28(13)42-6)24-23(21)31-30(44-12-45-31)14(2)29(24)46-16(4)39/h7,18-21,25-26,32,40H,8,10-12H2,1-6H3,(H,35,38)/t18-,19?,20-,21-,25+,26+,32+/m0/s1. The normalized spacial score (nSPS) is 29.0. The maximum absolute atomic E-state index is 13.4. The second-order valence-electron chi connectivity index (χ2n) is 12.6. The van der Waals surface area contributed by atoms with Gasteiger partial charge in [-0.05, 0) is 38.4 Å². The average molecular weight is 665 g/mol. The number of phenolic OH excluding ortho intramolecular Hbond substituents is 1. The Balaban J connectivity index is 1.54. The molecule has 0 aromatic heterocycles. The van der Waals surface area contributed by atoms with Crippen LogP contribution in [0.25, 0.3) is 0 Å². The first-order valence-corrected chi connectivity index (χ1v) is 16.5. The van der Waals surface area contributed by atoms with Gasteiger partial charge in [-0.3, -0.25) is 19.4 Å². The van der Waals surface area contributed by atoms with Crippen molar-refractivity contribution < 1.29 is 43.2 Å². The number of hydrogen-bond acceptors (Lipinski definition) is 13. The van der Waals surface area contributed by atoms with Gasteiger partial charge in [0, 0.05) is 53.9 Å². The molecular weight excluding hydrogens is 628 g/mol. The molecule has 248 valence electrons. The van der Waals surface area contributed by atoms with Crippen LogP contribution in [-0.2, 0) is 25.5 Å². The summed E-state index contributed by atoms with van der Waals surface area (Å²) in [6, 6.07) is 1.02. The van der Waals surface area contributed by atoms with E-state index < -0.39 is 47.4 Å². The molecule has 5 aliphatic heterocycles. The van der Waals surface area contributed by atoms with Crippen LogP contribution in [0.2, 0.25) is 0 Å². The van der Waals surface area contributed by atoms with Gasteiger partial charge in [-0.1, -0.05) is 6.07 Å². The van der Waals surface area contributed by atoms with Gasteiger partial charge in [0.05, 0.1) is 30.5 Å². The Morgan fingerprint density at radius 3 is 2.55 bits per heavy atom. The zero-order valence-corrected chi connectivity index (χ0v) is 27.7. The number of likely N-dealkylation sites (N-methyl/N-ethyl adjacent to an activating group) is 1. The molecule has 2 saturated heterocycles. The van der Waals surface area contributed by atoms with Crippen molar-refractivity contribution in [2.45, 2.75) is 75.6 Å². The zero-order chi connectivity index (χ0) is 33.5. The number of carbonyl (C=O) groups is 3. The number of nitrogens with one attached hydrogen (secondary N) is 1. The predicted molar refractivity (Wildman–Crippen MR) is 168 cm³/mol. The van der Waals surface area contributed by atoms with Crippen LogP contribution < -0.4 is 24.3 Å². The Labute approximate surface area is 276 Å². The van der Waals surface area contributed by atoms with Crippen molar-refractivity contribution in [1.29, 1.82) is 5.26 Å². The van der Waals surface area contributed by atoms with E-state index in [0.717, 1.165) is 11.1 Å². The number of rotatable bonds is 3. The maximum atomic E-state index is 13.4. The lowest BCUT2D eigenvalue weighted by atomic mass is 9.71. The molecule has 1 amide bonds. The third-order valence-electron chi connectivity index (χ3n) is 10.0. The summed E-state index contributed by atoms with van der Waals surface area (Å²) in [5.41, 5.74) is 4.30. The lowest BCUT2D eigenvalue weighted by Gasteiger charge is -2.61. The summed E-state index contributed by atoms with van der Waals surface area (Å²) in [7, 11) is 3.48. The number of piperazine rings is 1. The number of cyclic esters (lactones) is 1. The number of esters is 2. The van der Waals surface area contributed by atoms with Crippen LogP contribution in [0.4, 0.5) is 0 Å². The Morgan fingerprint density at radius 1 is 1.13 bits per heavy atom. The second-order valence-corrected chi connectivity index (χ2v) is 13.8. The molecule has 7 rings (SSSR count). The highest BCUT2D eigenvalue weighted by Crippen LogP contribution is 2.64. The summed E-state index contributed by atoms with van der Waals surface area (Å²) in [6.45, 7) is 6.13. The molecule has 2 N–H and O–H groups in total. The molecule has 14 heteroatoms. The van der Waals surface area contributed by atoms with Gasteiger partial charge < -0.3 is 34.1 Å². The molecule has 1 unspecified atom stereocenters. The number of nitriles is 1. The summed E-state index contributed by atoms with van der Waals surface area (Å²) in [4.78, 5) is 42.5. The molecule has 5 aliphatic rings. The molecule has 7 atom stereocenters. The van der Waals surface area contributed by atoms with Crippen molar-refractivity contribution in [3.8, 4) is 34.8 Å². The minimum Gasteiger partial charge on any atom is -0.504 e. The molecule has 4 bridgehead atoms. The van der Waals surface area contributed by atoms with E-state index >= 15 is 0 Å². The van der Waals surface area contributed by atoms with E-state index in [0.29, 0.717) is 51.7 Å². The lowest BCUT2D eigenvalue weighted by Crippen LogP contribution is -2.69. The fraction of sp³-hybridized carbons (Fsp3) is 0.515. The number of aromatic hydroxyl groups is 1. The number of fused-ring (bicyclic) bond motifs is 9. The van der Waals surface area contributed by atoms with Gasteiger partial charge in [0.15, 0.2) is 23.0 Å². The van der Waals surface area contributed by atoms with Crippen LogP contribution >= 0.6 is 11.8 Å². The monoisotopic (exact) mass is 664 g/mol. The first kappa shape index (κ1) is 31.4. The molecule has 2 aromatic carbocycles. The Hall–Kier alpha value is -4.19. The third-order valence-corrected chi connectivity index (χ3v) is 11.4. The summed E-state index contributed by atoms with van der Waals surface area (Å²) >= 11 is 1.39. The average Bonchev–Trinajstić information content (AvgIpc) is 3.50. The quantitative estimate of drug-likeness (QED) is 0.365. The topological polar surface area (TPSA) is 160 Å². The van der Waals surface area contributed by atoms with E-state index in [9.17, 15) is 24.8 Å². The van der Waals surface area contributed by atoms with Crippen LogP contribution in [0.3, 0.4) is 0 Å². The van der Waals surface area contributed by atoms with E-state index in [2.05, 4.69) is 21.2 Å². The summed E-state index contributed by atoms with van der Waals surface area (Å²) in [5, 5.41) is 24.9. The zero-order valence-electron chi connectivity index (χ0n) is 26.9. The van der Waals surface area contributed by atoms with Crippen molar-refractivity contribution >= 4 is 29.6 Å². The Morgan fingerprint density at radius 2 is 1.87 bits per heavy atom. The number of ether oxygens (including phenoxy) is 5. The van der Waals surface area contributed by atoms with Crippen molar-refractivity contribution in [3.05, 3.63) is 39.4 Å². The fourth-order valence-corrected chi connectivity index (χ4v) is 9.82. The number of methoxy groups -OCH3 is 1. The van der Waals surface area contributed by atoms with Crippen LogP contribution in [0.5, 0.6) is 28.7 Å². The minimum atomic E-state index is -0.948. The number of hydrogen-bond donors (Lipinski definition) is 2. The van der Waals surface area contributed by atoms with Crippen LogP contribution in [0.15, 0.2) is 6.07 Å². The molecule has 47 heavy (non-hydrogen) atoms. The number of nitrogens with zero attached hydrogens (tertiary/aromatic N) is 3. The Bertz CT molecular complexity index is 1760. The molecule has 2 aromatic rings.